The first-order valence-corrected chi connectivity index (χ1v) is 7.04. The second kappa shape index (κ2) is 9.06. The first-order chi connectivity index (χ1) is 10.1. The van der Waals surface area contributed by atoms with Gasteiger partial charge in [-0.3, -0.25) is 10.1 Å². The van der Waals surface area contributed by atoms with Crippen molar-refractivity contribution in [3.8, 4) is 5.88 Å². The van der Waals surface area contributed by atoms with E-state index in [1.165, 1.54) is 7.11 Å². The number of methoxy groups -OCH3 is 1. The van der Waals surface area contributed by atoms with Crippen LogP contribution in [-0.4, -0.2) is 41.8 Å². The second-order valence-electron chi connectivity index (χ2n) is 4.37. The van der Waals surface area contributed by atoms with Gasteiger partial charge in [-0.1, -0.05) is 20.3 Å². The monoisotopic (exact) mass is 298 g/mol. The van der Waals surface area contributed by atoms with Crippen LogP contribution in [0, 0.1) is 10.1 Å². The molecule has 0 aliphatic heterocycles. The van der Waals surface area contributed by atoms with Crippen LogP contribution in [0.1, 0.15) is 32.5 Å². The van der Waals surface area contributed by atoms with Gasteiger partial charge in [-0.25, -0.2) is 4.98 Å². The molecule has 0 unspecified atom stereocenters. The smallest absolute Gasteiger partial charge is 0.372 e. The van der Waals surface area contributed by atoms with Crippen LogP contribution < -0.4 is 10.1 Å². The summed E-state index contributed by atoms with van der Waals surface area (Å²) in [7, 11) is 1.53. The van der Waals surface area contributed by atoms with Crippen LogP contribution in [0.5, 0.6) is 5.88 Å². The van der Waals surface area contributed by atoms with Crippen molar-refractivity contribution in [2.24, 2.45) is 0 Å². The number of nitrogens with one attached hydrogen (secondary N) is 1. The van der Waals surface area contributed by atoms with Gasteiger partial charge in [0.05, 0.1) is 11.5 Å². The van der Waals surface area contributed by atoms with Gasteiger partial charge >= 0.3 is 5.69 Å². The second-order valence-corrected chi connectivity index (χ2v) is 4.37. The normalized spacial score (nSPS) is 10.4. The van der Waals surface area contributed by atoms with E-state index in [0.717, 1.165) is 12.8 Å². The molecule has 118 valence electrons. The molecule has 0 aromatic carbocycles. The topological polar surface area (TPSA) is 99.4 Å². The molecule has 1 aromatic rings. The van der Waals surface area contributed by atoms with E-state index in [1.807, 2.05) is 13.8 Å². The molecule has 0 aliphatic rings. The Morgan fingerprint density at radius 2 is 2.05 bits per heavy atom. The number of hydrogen-bond donors (Lipinski definition) is 1. The number of rotatable bonds is 10. The zero-order valence-electron chi connectivity index (χ0n) is 12.7. The molecular weight excluding hydrogens is 276 g/mol. The van der Waals surface area contributed by atoms with Gasteiger partial charge in [0.15, 0.2) is 0 Å². The number of nitrogens with zero attached hydrogens (tertiary/aromatic N) is 3. The van der Waals surface area contributed by atoms with Crippen LogP contribution in [0.3, 0.4) is 0 Å². The van der Waals surface area contributed by atoms with E-state index in [0.29, 0.717) is 25.4 Å². The summed E-state index contributed by atoms with van der Waals surface area (Å²) in [5.74, 6) is 0.711. The molecule has 0 bridgehead atoms. The van der Waals surface area contributed by atoms with E-state index < -0.39 is 4.92 Å². The Kier molecular flexibility index (Phi) is 7.38. The molecule has 1 rings (SSSR count). The standard InChI is InChI=1S/C13H22N4O4/c1-4-6-7-14-12-11(17(18)19)13(21-9-8-20-3)16-10(5-2)15-12/h4-9H2,1-3H3,(H,14,15,16). The van der Waals surface area contributed by atoms with Crippen molar-refractivity contribution in [1.29, 1.82) is 0 Å². The number of nitro groups is 1. The first kappa shape index (κ1) is 17.1. The fraction of sp³-hybridized carbons (Fsp3) is 0.692. The van der Waals surface area contributed by atoms with Crippen molar-refractivity contribution < 1.29 is 14.4 Å². The third-order valence-electron chi connectivity index (χ3n) is 2.75. The van der Waals surface area contributed by atoms with E-state index in [9.17, 15) is 10.1 Å². The molecule has 0 radical (unpaired) electrons. The van der Waals surface area contributed by atoms with Crippen LogP contribution in [0.4, 0.5) is 11.5 Å². The molecule has 1 aromatic heterocycles. The maximum Gasteiger partial charge on any atom is 0.372 e. The fourth-order valence-corrected chi connectivity index (χ4v) is 1.63. The van der Waals surface area contributed by atoms with Gasteiger partial charge in [0.2, 0.25) is 5.82 Å². The van der Waals surface area contributed by atoms with Gasteiger partial charge in [-0.2, -0.15) is 4.98 Å². The maximum absolute atomic E-state index is 11.3. The molecule has 0 saturated heterocycles. The zero-order chi connectivity index (χ0) is 15.7. The number of ether oxygens (including phenoxy) is 2. The Balaban J connectivity index is 3.06. The predicted molar refractivity (Wildman–Crippen MR) is 78.8 cm³/mol. The molecule has 0 amide bonds. The van der Waals surface area contributed by atoms with Gasteiger partial charge in [-0.15, -0.1) is 0 Å². The van der Waals surface area contributed by atoms with Crippen molar-refractivity contribution in [3.05, 3.63) is 15.9 Å². The SMILES string of the molecule is CCCCNc1nc(CC)nc(OCCOC)c1[N+](=O)[O-]. The summed E-state index contributed by atoms with van der Waals surface area (Å²) in [6, 6.07) is 0. The highest BCUT2D eigenvalue weighted by Crippen LogP contribution is 2.32. The van der Waals surface area contributed by atoms with Crippen LogP contribution in [-0.2, 0) is 11.2 Å². The lowest BCUT2D eigenvalue weighted by Crippen LogP contribution is -2.13. The molecule has 0 atom stereocenters. The average molecular weight is 298 g/mol. The third kappa shape index (κ3) is 5.14. The largest absolute Gasteiger partial charge is 0.470 e. The van der Waals surface area contributed by atoms with Crippen molar-refractivity contribution in [1.82, 2.24) is 9.97 Å². The summed E-state index contributed by atoms with van der Waals surface area (Å²) in [4.78, 5) is 19.1. The highest BCUT2D eigenvalue weighted by atomic mass is 16.6. The Morgan fingerprint density at radius 3 is 2.62 bits per heavy atom. The van der Waals surface area contributed by atoms with Gasteiger partial charge in [0.25, 0.3) is 5.88 Å². The molecule has 1 heterocycles. The fourth-order valence-electron chi connectivity index (χ4n) is 1.63. The molecule has 0 fully saturated rings. The Morgan fingerprint density at radius 1 is 1.29 bits per heavy atom. The minimum absolute atomic E-state index is 0.0112. The molecule has 8 heteroatoms. The number of hydrogen-bond acceptors (Lipinski definition) is 7. The molecule has 21 heavy (non-hydrogen) atoms. The van der Waals surface area contributed by atoms with E-state index >= 15 is 0 Å². The van der Waals surface area contributed by atoms with Gasteiger partial charge in [0.1, 0.15) is 12.4 Å². The molecule has 0 spiro atoms. The van der Waals surface area contributed by atoms with Crippen molar-refractivity contribution in [2.45, 2.75) is 33.1 Å². The van der Waals surface area contributed by atoms with Crippen molar-refractivity contribution in [2.75, 3.05) is 32.2 Å². The van der Waals surface area contributed by atoms with Gasteiger partial charge in [-0.05, 0) is 6.42 Å². The van der Waals surface area contributed by atoms with Crippen molar-refractivity contribution in [3.63, 3.8) is 0 Å². The minimum Gasteiger partial charge on any atom is -0.470 e. The number of aromatic nitrogens is 2. The molecule has 0 saturated carbocycles. The van der Waals surface area contributed by atoms with Crippen LogP contribution in [0.25, 0.3) is 0 Å². The maximum atomic E-state index is 11.3. The predicted octanol–water partition coefficient (Wildman–Crippen LogP) is 2.18. The average Bonchev–Trinajstić information content (AvgIpc) is 2.47. The summed E-state index contributed by atoms with van der Waals surface area (Å²) < 4.78 is 10.2. The summed E-state index contributed by atoms with van der Waals surface area (Å²) in [5.41, 5.74) is -0.223. The summed E-state index contributed by atoms with van der Waals surface area (Å²) in [6.45, 7) is 5.09. The van der Waals surface area contributed by atoms with Gasteiger partial charge < -0.3 is 14.8 Å². The summed E-state index contributed by atoms with van der Waals surface area (Å²) >= 11 is 0. The zero-order valence-corrected chi connectivity index (χ0v) is 12.7. The lowest BCUT2D eigenvalue weighted by molar-refractivity contribution is -0.385. The van der Waals surface area contributed by atoms with E-state index in [1.54, 1.807) is 0 Å². The van der Waals surface area contributed by atoms with Crippen LogP contribution >= 0.6 is 0 Å². The van der Waals surface area contributed by atoms with E-state index in [2.05, 4.69) is 15.3 Å². The number of unbranched alkanes of at least 4 members (excludes halogenated alkanes) is 1. The first-order valence-electron chi connectivity index (χ1n) is 7.04. The molecule has 0 aliphatic carbocycles. The van der Waals surface area contributed by atoms with Crippen molar-refractivity contribution >= 4 is 11.5 Å². The van der Waals surface area contributed by atoms with E-state index in [4.69, 9.17) is 9.47 Å². The van der Waals surface area contributed by atoms with Crippen LogP contribution in [0.15, 0.2) is 0 Å². The molecule has 1 N–H and O–H groups in total. The number of aryl methyl sites for hydroxylation is 1. The quantitative estimate of drug-likeness (QED) is 0.401. The Labute approximate surface area is 124 Å². The highest BCUT2D eigenvalue weighted by molar-refractivity contribution is 5.61. The van der Waals surface area contributed by atoms with Gasteiger partial charge in [0, 0.05) is 20.1 Å². The van der Waals surface area contributed by atoms with Crippen LogP contribution in [0.2, 0.25) is 0 Å². The Bertz CT molecular complexity index is 436. The third-order valence-corrected chi connectivity index (χ3v) is 2.75. The number of anilines is 1. The Hall–Kier alpha value is -1.96. The summed E-state index contributed by atoms with van der Waals surface area (Å²) in [6.07, 6.45) is 2.47. The lowest BCUT2D eigenvalue weighted by atomic mass is 10.3. The highest BCUT2D eigenvalue weighted by Gasteiger charge is 2.25. The minimum atomic E-state index is -0.518. The molecule has 8 nitrogen and oxygen atoms in total. The lowest BCUT2D eigenvalue weighted by Gasteiger charge is -2.11. The molecular formula is C13H22N4O4. The van der Waals surface area contributed by atoms with E-state index in [-0.39, 0.29) is 24.0 Å². The summed E-state index contributed by atoms with van der Waals surface area (Å²) in [5, 5.41) is 14.3.